The van der Waals surface area contributed by atoms with E-state index in [1.165, 1.54) is 4.90 Å². The molecule has 11 rings (SSSR count). The number of amides is 2. The van der Waals surface area contributed by atoms with Crippen LogP contribution in [-0.2, 0) is 0 Å². The van der Waals surface area contributed by atoms with Gasteiger partial charge in [0.15, 0.2) is 0 Å². The highest BCUT2D eigenvalue weighted by atomic mass is 16.2. The van der Waals surface area contributed by atoms with Crippen molar-refractivity contribution >= 4 is 39.3 Å². The Balaban J connectivity index is 1.18. The Hall–Kier alpha value is -9.24. The van der Waals surface area contributed by atoms with Gasteiger partial charge in [0.25, 0.3) is 11.8 Å². The van der Waals surface area contributed by atoms with Gasteiger partial charge in [-0.3, -0.25) is 19.6 Å². The summed E-state index contributed by atoms with van der Waals surface area (Å²) in [5, 5.41) is 21.9. The fourth-order valence-corrected chi connectivity index (χ4v) is 9.06. The fourth-order valence-electron chi connectivity index (χ4n) is 9.06. The van der Waals surface area contributed by atoms with Gasteiger partial charge < -0.3 is 4.57 Å². The lowest BCUT2D eigenvalue weighted by atomic mass is 9.90. The third kappa shape index (κ3) is 6.06. The Morgan fingerprint density at radius 3 is 1.42 bits per heavy atom. The van der Waals surface area contributed by atoms with Crippen LogP contribution in [0.25, 0.3) is 83.1 Å². The van der Waals surface area contributed by atoms with E-state index in [0.717, 1.165) is 66.3 Å². The van der Waals surface area contributed by atoms with Gasteiger partial charge in [0, 0.05) is 57.8 Å². The van der Waals surface area contributed by atoms with E-state index in [1.54, 1.807) is 43.0 Å². The SMILES string of the molecule is N#Cc1ccncc1-c1ccc2c3ccc(-c4cnccc4C#N)cc3n(-c3cccc4c3C(=O)N(c3c(-c5ccccc5)cc(-c5ccccc5)cc3-c3ccccc3)C4=O)c2c1. The van der Waals surface area contributed by atoms with E-state index in [9.17, 15) is 10.5 Å². The molecule has 8 heteroatoms. The number of hydrogen-bond donors (Lipinski definition) is 0. The van der Waals surface area contributed by atoms with Crippen LogP contribution >= 0.6 is 0 Å². The van der Waals surface area contributed by atoms with Crippen LogP contribution in [0.1, 0.15) is 31.8 Å². The molecule has 4 heterocycles. The summed E-state index contributed by atoms with van der Waals surface area (Å²) in [7, 11) is 0. The number of anilines is 1. The summed E-state index contributed by atoms with van der Waals surface area (Å²) in [6, 6.07) is 59.3. The van der Waals surface area contributed by atoms with Crippen LogP contribution in [0, 0.1) is 22.7 Å². The standard InChI is InChI=1S/C56H32N6O2/c57-31-40-23-25-59-33-48(40)38-19-21-43-44-22-20-39(49-34-60-26-24-41(49)32-58)30-52(44)61(51(43)29-38)50-18-10-17-45-53(50)56(64)62(55(45)63)54-46(36-13-6-2-7-14-36)27-42(35-11-4-1-5-12-35)28-47(54)37-15-8-3-9-16-37/h1-30,33-34H. The molecule has 3 aromatic heterocycles. The molecule has 0 radical (unpaired) electrons. The molecule has 7 aromatic carbocycles. The maximum Gasteiger partial charge on any atom is 0.268 e. The third-order valence-corrected chi connectivity index (χ3v) is 12.0. The van der Waals surface area contributed by atoms with E-state index in [-0.39, 0.29) is 11.1 Å². The first kappa shape index (κ1) is 37.7. The van der Waals surface area contributed by atoms with Crippen LogP contribution in [-0.4, -0.2) is 26.3 Å². The zero-order valence-corrected chi connectivity index (χ0v) is 34.0. The molecular formula is C56H32N6O2. The molecule has 0 unspecified atom stereocenters. The van der Waals surface area contributed by atoms with E-state index in [4.69, 9.17) is 0 Å². The smallest absolute Gasteiger partial charge is 0.268 e. The van der Waals surface area contributed by atoms with E-state index in [1.807, 2.05) is 132 Å². The Labute approximate surface area is 367 Å². The number of carbonyl (C=O) groups excluding carboxylic acids is 2. The molecule has 2 amide bonds. The molecule has 0 saturated carbocycles. The first-order valence-corrected chi connectivity index (χ1v) is 20.7. The molecule has 0 N–H and O–H groups in total. The van der Waals surface area contributed by atoms with Crippen molar-refractivity contribution in [2.24, 2.45) is 0 Å². The van der Waals surface area contributed by atoms with Gasteiger partial charge in [0.2, 0.25) is 0 Å². The summed E-state index contributed by atoms with van der Waals surface area (Å²) in [6.45, 7) is 0. The number of pyridine rings is 2. The summed E-state index contributed by atoms with van der Waals surface area (Å²) in [6.07, 6.45) is 6.54. The molecule has 1 aliphatic heterocycles. The minimum absolute atomic E-state index is 0.255. The highest BCUT2D eigenvalue weighted by Crippen LogP contribution is 2.47. The predicted octanol–water partition coefficient (Wildman–Crippen LogP) is 12.5. The predicted molar refractivity (Wildman–Crippen MR) is 251 cm³/mol. The van der Waals surface area contributed by atoms with Crippen LogP contribution in [0.3, 0.4) is 0 Å². The van der Waals surface area contributed by atoms with Gasteiger partial charge in [-0.2, -0.15) is 10.5 Å². The minimum atomic E-state index is -0.460. The summed E-state index contributed by atoms with van der Waals surface area (Å²) >= 11 is 0. The lowest BCUT2D eigenvalue weighted by molar-refractivity contribution is 0.0926. The van der Waals surface area contributed by atoms with Crippen molar-refractivity contribution in [2.75, 3.05) is 4.90 Å². The van der Waals surface area contributed by atoms with E-state index in [2.05, 4.69) is 46.4 Å². The van der Waals surface area contributed by atoms with Gasteiger partial charge in [-0.1, -0.05) is 121 Å². The van der Waals surface area contributed by atoms with E-state index < -0.39 is 11.8 Å². The van der Waals surface area contributed by atoms with Crippen LogP contribution < -0.4 is 4.90 Å². The number of imide groups is 1. The van der Waals surface area contributed by atoms with Crippen molar-refractivity contribution in [3.05, 3.63) is 217 Å². The Bertz CT molecular complexity index is 3450. The number of carbonyl (C=O) groups is 2. The Kier molecular flexibility index (Phi) is 9.05. The maximum atomic E-state index is 15.7. The molecular weight excluding hydrogens is 789 g/mol. The highest BCUT2D eigenvalue weighted by Gasteiger charge is 2.42. The monoisotopic (exact) mass is 820 g/mol. The van der Waals surface area contributed by atoms with E-state index >= 15 is 9.59 Å². The quantitative estimate of drug-likeness (QED) is 0.148. The summed E-state index contributed by atoms with van der Waals surface area (Å²) in [4.78, 5) is 40.9. The zero-order chi connectivity index (χ0) is 43.3. The first-order chi connectivity index (χ1) is 31.5. The number of nitrogens with zero attached hydrogens (tertiary/aromatic N) is 6. The van der Waals surface area contributed by atoms with Crippen LogP contribution in [0.4, 0.5) is 5.69 Å². The number of benzene rings is 7. The average Bonchev–Trinajstić information content (AvgIpc) is 3.82. The van der Waals surface area contributed by atoms with Gasteiger partial charge in [0.05, 0.1) is 56.8 Å². The fraction of sp³-hybridized carbons (Fsp3) is 0. The summed E-state index contributed by atoms with van der Waals surface area (Å²) in [5.41, 5.74) is 11.9. The number of aromatic nitrogens is 3. The van der Waals surface area contributed by atoms with Gasteiger partial charge in [-0.15, -0.1) is 0 Å². The molecule has 64 heavy (non-hydrogen) atoms. The molecule has 0 aliphatic carbocycles. The summed E-state index contributed by atoms with van der Waals surface area (Å²) in [5.74, 6) is -0.897. The maximum absolute atomic E-state index is 15.7. The van der Waals surface area contributed by atoms with Gasteiger partial charge in [0.1, 0.15) is 0 Å². The van der Waals surface area contributed by atoms with Crippen LogP contribution in [0.5, 0.6) is 0 Å². The van der Waals surface area contributed by atoms with Crippen molar-refractivity contribution in [3.8, 4) is 73.5 Å². The number of rotatable bonds is 7. The Morgan fingerprint density at radius 1 is 0.422 bits per heavy atom. The lowest BCUT2D eigenvalue weighted by Crippen LogP contribution is -2.30. The Morgan fingerprint density at radius 2 is 0.922 bits per heavy atom. The topological polar surface area (TPSA) is 116 Å². The second kappa shape index (κ2) is 15.3. The van der Waals surface area contributed by atoms with Crippen molar-refractivity contribution < 1.29 is 9.59 Å². The highest BCUT2D eigenvalue weighted by molar-refractivity contribution is 6.37. The largest absolute Gasteiger partial charge is 0.308 e. The molecule has 0 saturated heterocycles. The molecule has 0 bridgehead atoms. The van der Waals surface area contributed by atoms with Crippen molar-refractivity contribution in [1.82, 2.24) is 14.5 Å². The normalized spacial score (nSPS) is 12.1. The molecule has 1 aliphatic rings. The van der Waals surface area contributed by atoms with Crippen molar-refractivity contribution in [2.45, 2.75) is 0 Å². The number of fused-ring (bicyclic) bond motifs is 4. The first-order valence-electron chi connectivity index (χ1n) is 20.7. The number of hydrogen-bond acceptors (Lipinski definition) is 6. The second-order valence-corrected chi connectivity index (χ2v) is 15.5. The zero-order valence-electron chi connectivity index (χ0n) is 34.0. The second-order valence-electron chi connectivity index (χ2n) is 15.5. The van der Waals surface area contributed by atoms with Crippen LogP contribution in [0.15, 0.2) is 195 Å². The number of nitriles is 2. The molecule has 0 fully saturated rings. The molecule has 8 nitrogen and oxygen atoms in total. The molecule has 0 spiro atoms. The molecule has 0 atom stereocenters. The molecule has 298 valence electrons. The van der Waals surface area contributed by atoms with Gasteiger partial charge in [-0.05, 0) is 81.9 Å². The van der Waals surface area contributed by atoms with Gasteiger partial charge >= 0.3 is 0 Å². The average molecular weight is 821 g/mol. The van der Waals surface area contributed by atoms with Crippen LogP contribution in [0.2, 0.25) is 0 Å². The minimum Gasteiger partial charge on any atom is -0.308 e. The lowest BCUT2D eigenvalue weighted by Gasteiger charge is -2.24. The van der Waals surface area contributed by atoms with Crippen molar-refractivity contribution in [1.29, 1.82) is 10.5 Å². The molecule has 10 aromatic rings. The van der Waals surface area contributed by atoms with E-state index in [0.29, 0.717) is 33.6 Å². The third-order valence-electron chi connectivity index (χ3n) is 12.0. The summed E-state index contributed by atoms with van der Waals surface area (Å²) < 4.78 is 2.02. The van der Waals surface area contributed by atoms with Crippen molar-refractivity contribution in [3.63, 3.8) is 0 Å². The van der Waals surface area contributed by atoms with Gasteiger partial charge in [-0.25, -0.2) is 4.90 Å².